The Morgan fingerprint density at radius 1 is 1.13 bits per heavy atom. The van der Waals surface area contributed by atoms with Crippen molar-refractivity contribution in [2.24, 2.45) is 0 Å². The monoisotopic (exact) mass is 206 g/mol. The first-order chi connectivity index (χ1) is 7.13. The second-order valence-corrected chi connectivity index (χ2v) is 2.91. The van der Waals surface area contributed by atoms with Crippen LogP contribution in [0.15, 0.2) is 27.1 Å². The zero-order valence-electron chi connectivity index (χ0n) is 7.77. The molecule has 2 rings (SSSR count). The van der Waals surface area contributed by atoms with Crippen LogP contribution in [0.25, 0.3) is 6.08 Å². The van der Waals surface area contributed by atoms with Crippen molar-refractivity contribution in [1.82, 2.24) is 0 Å². The predicted octanol–water partition coefficient (Wildman–Crippen LogP) is 0.393. The number of ether oxygens (including phenoxy) is 1. The first kappa shape index (κ1) is 9.39. The molecule has 1 aromatic heterocycles. The van der Waals surface area contributed by atoms with E-state index in [0.29, 0.717) is 5.56 Å². The van der Waals surface area contributed by atoms with Crippen LogP contribution in [0, 0.1) is 0 Å². The van der Waals surface area contributed by atoms with Gasteiger partial charge in [-0.1, -0.05) is 0 Å². The number of allylic oxidation sites excluding steroid dienone is 1. The Kier molecular flexibility index (Phi) is 2.00. The van der Waals surface area contributed by atoms with Gasteiger partial charge in [-0.15, -0.1) is 0 Å². The molecule has 0 saturated carbocycles. The van der Waals surface area contributed by atoms with Gasteiger partial charge < -0.3 is 9.15 Å². The van der Waals surface area contributed by atoms with Gasteiger partial charge in [0.2, 0.25) is 0 Å². The minimum atomic E-state index is -0.859. The van der Waals surface area contributed by atoms with Crippen molar-refractivity contribution in [2.75, 3.05) is 7.11 Å². The largest absolute Gasteiger partial charge is 0.492 e. The van der Waals surface area contributed by atoms with E-state index in [0.717, 1.165) is 0 Å². The number of Topliss-reactive ketones (excluding diaryl/α,β-unsaturated/α-hetero) is 2. The molecule has 0 amide bonds. The van der Waals surface area contributed by atoms with Crippen LogP contribution < -0.4 is 5.63 Å². The van der Waals surface area contributed by atoms with E-state index in [1.54, 1.807) is 0 Å². The number of rotatable bonds is 1. The van der Waals surface area contributed by atoms with Gasteiger partial charge in [-0.25, -0.2) is 4.79 Å². The third-order valence-corrected chi connectivity index (χ3v) is 2.01. The van der Waals surface area contributed by atoms with Gasteiger partial charge in [0.15, 0.2) is 11.5 Å². The average molecular weight is 206 g/mol. The summed E-state index contributed by atoms with van der Waals surface area (Å²) in [6.45, 7) is 0. The van der Waals surface area contributed by atoms with Crippen LogP contribution in [-0.2, 0) is 9.53 Å². The number of ketones is 2. The van der Waals surface area contributed by atoms with E-state index >= 15 is 0 Å². The van der Waals surface area contributed by atoms with E-state index in [-0.39, 0.29) is 11.5 Å². The summed E-state index contributed by atoms with van der Waals surface area (Å²) in [6.07, 6.45) is 1.36. The first-order valence-electron chi connectivity index (χ1n) is 4.12. The van der Waals surface area contributed by atoms with Crippen molar-refractivity contribution in [3.8, 4) is 0 Å². The Balaban J connectivity index is 2.69. The maximum atomic E-state index is 11.4. The number of carbonyl (C=O) groups excluding carboxylic acids is 2. The summed E-state index contributed by atoms with van der Waals surface area (Å²) < 4.78 is 9.38. The van der Waals surface area contributed by atoms with Crippen LogP contribution in [0.1, 0.15) is 16.1 Å². The zero-order chi connectivity index (χ0) is 11.0. The predicted molar refractivity (Wildman–Crippen MR) is 49.3 cm³/mol. The third-order valence-electron chi connectivity index (χ3n) is 2.01. The summed E-state index contributed by atoms with van der Waals surface area (Å²) in [4.78, 5) is 33.6. The highest BCUT2D eigenvalue weighted by atomic mass is 16.5. The van der Waals surface area contributed by atoms with E-state index in [4.69, 9.17) is 4.74 Å². The highest BCUT2D eigenvalue weighted by molar-refractivity contribution is 6.50. The molecule has 0 saturated heterocycles. The number of fused-ring (bicyclic) bond motifs is 1. The van der Waals surface area contributed by atoms with Crippen molar-refractivity contribution < 1.29 is 18.7 Å². The highest BCUT2D eigenvalue weighted by Gasteiger charge is 2.30. The molecule has 15 heavy (non-hydrogen) atoms. The quantitative estimate of drug-likeness (QED) is 0.621. The normalized spacial score (nSPS) is 14.6. The summed E-state index contributed by atoms with van der Waals surface area (Å²) in [5, 5.41) is 0. The highest BCUT2D eigenvalue weighted by Crippen LogP contribution is 2.20. The molecule has 0 aliphatic heterocycles. The lowest BCUT2D eigenvalue weighted by molar-refractivity contribution is -0.114. The summed E-state index contributed by atoms with van der Waals surface area (Å²) in [5.41, 5.74) is -0.291. The van der Waals surface area contributed by atoms with E-state index in [1.807, 2.05) is 0 Å². The van der Waals surface area contributed by atoms with Gasteiger partial charge in [-0.2, -0.15) is 0 Å². The van der Waals surface area contributed by atoms with Gasteiger partial charge in [-0.3, -0.25) is 9.59 Å². The van der Waals surface area contributed by atoms with Crippen LogP contribution in [0.3, 0.4) is 0 Å². The van der Waals surface area contributed by atoms with Gasteiger partial charge >= 0.3 is 5.63 Å². The molecule has 0 fully saturated rings. The fourth-order valence-electron chi connectivity index (χ4n) is 1.29. The molecule has 0 N–H and O–H groups in total. The van der Waals surface area contributed by atoms with E-state index < -0.39 is 17.2 Å². The third kappa shape index (κ3) is 1.38. The molecule has 76 valence electrons. The van der Waals surface area contributed by atoms with Gasteiger partial charge in [0, 0.05) is 11.6 Å². The van der Waals surface area contributed by atoms with Crippen molar-refractivity contribution in [2.45, 2.75) is 0 Å². The van der Waals surface area contributed by atoms with Gasteiger partial charge in [0.05, 0.1) is 7.11 Å². The Morgan fingerprint density at radius 2 is 1.87 bits per heavy atom. The Morgan fingerprint density at radius 3 is 2.53 bits per heavy atom. The molecule has 1 aromatic rings. The lowest BCUT2D eigenvalue weighted by Crippen LogP contribution is -2.23. The molecule has 0 aromatic carbocycles. The maximum Gasteiger partial charge on any atom is 0.336 e. The first-order valence-corrected chi connectivity index (χ1v) is 4.12. The van der Waals surface area contributed by atoms with Crippen LogP contribution in [0.2, 0.25) is 0 Å². The Hall–Kier alpha value is -2.17. The van der Waals surface area contributed by atoms with Crippen LogP contribution >= 0.6 is 0 Å². The van der Waals surface area contributed by atoms with Crippen LogP contribution in [0.4, 0.5) is 0 Å². The second kappa shape index (κ2) is 3.20. The molecule has 1 aliphatic carbocycles. The molecule has 0 unspecified atom stereocenters. The lowest BCUT2D eigenvalue weighted by atomic mass is 10.0. The molecule has 5 heteroatoms. The molecular weight excluding hydrogens is 200 g/mol. The zero-order valence-corrected chi connectivity index (χ0v) is 7.77. The maximum absolute atomic E-state index is 11.4. The molecule has 5 nitrogen and oxygen atoms in total. The summed E-state index contributed by atoms with van der Waals surface area (Å²) in [7, 11) is 1.29. The Labute approximate surface area is 84.0 Å². The van der Waals surface area contributed by atoms with E-state index in [2.05, 4.69) is 4.42 Å². The topological polar surface area (TPSA) is 73.6 Å². The van der Waals surface area contributed by atoms with E-state index in [9.17, 15) is 14.4 Å². The molecule has 0 atom stereocenters. The van der Waals surface area contributed by atoms with Crippen molar-refractivity contribution in [3.63, 3.8) is 0 Å². The SMILES string of the molecule is COC1=Cc2ccc(=O)oc2C(=O)C1=O. The number of methoxy groups -OCH3 is 1. The van der Waals surface area contributed by atoms with Gasteiger partial charge in [0.25, 0.3) is 11.6 Å². The van der Waals surface area contributed by atoms with Crippen molar-refractivity contribution >= 4 is 17.6 Å². The van der Waals surface area contributed by atoms with Gasteiger partial charge in [0.1, 0.15) is 0 Å². The van der Waals surface area contributed by atoms with Crippen molar-refractivity contribution in [1.29, 1.82) is 0 Å². The molecule has 1 heterocycles. The second-order valence-electron chi connectivity index (χ2n) is 2.91. The molecule has 1 aliphatic rings. The summed E-state index contributed by atoms with van der Waals surface area (Å²) >= 11 is 0. The fourth-order valence-corrected chi connectivity index (χ4v) is 1.29. The summed E-state index contributed by atoms with van der Waals surface area (Å²) in [6, 6.07) is 2.58. The van der Waals surface area contributed by atoms with Crippen molar-refractivity contribution in [3.05, 3.63) is 39.6 Å². The number of carbonyl (C=O) groups is 2. The van der Waals surface area contributed by atoms with E-state index in [1.165, 1.54) is 25.3 Å². The minimum absolute atomic E-state index is 0.0543. The average Bonchev–Trinajstić information content (AvgIpc) is 2.24. The number of hydrogen-bond donors (Lipinski definition) is 0. The van der Waals surface area contributed by atoms with Crippen LogP contribution in [0.5, 0.6) is 0 Å². The fraction of sp³-hybridized carbons (Fsp3) is 0.100. The molecule has 0 bridgehead atoms. The standard InChI is InChI=1S/C10H6O5/c1-14-6-4-5-2-3-7(11)15-10(5)9(13)8(6)12/h2-4H,1H3. The smallest absolute Gasteiger partial charge is 0.336 e. The molecule has 0 radical (unpaired) electrons. The number of hydrogen-bond acceptors (Lipinski definition) is 5. The Bertz CT molecular complexity index is 535. The molecule has 0 spiro atoms. The minimum Gasteiger partial charge on any atom is -0.492 e. The summed E-state index contributed by atoms with van der Waals surface area (Å²) in [5.74, 6) is -1.95. The van der Waals surface area contributed by atoms with Crippen LogP contribution in [-0.4, -0.2) is 18.7 Å². The lowest BCUT2D eigenvalue weighted by Gasteiger charge is -2.10. The van der Waals surface area contributed by atoms with Gasteiger partial charge in [-0.05, 0) is 12.1 Å². The molecular formula is C10H6O5.